The summed E-state index contributed by atoms with van der Waals surface area (Å²) < 4.78 is 32.8. The number of hydrogen-bond donors (Lipinski definition) is 2. The number of rotatable bonds is 9. The molecular weight excluding hydrogens is 282 g/mol. The number of unbranched alkanes of at least 4 members (excludes halogenated alkanes) is 1. The smallest absolute Gasteiger partial charge is 0.150 e. The van der Waals surface area contributed by atoms with Gasteiger partial charge in [0.25, 0.3) is 0 Å². The summed E-state index contributed by atoms with van der Waals surface area (Å²) in [6.45, 7) is 3.82. The van der Waals surface area contributed by atoms with E-state index < -0.39 is 11.6 Å². The zero-order chi connectivity index (χ0) is 15.0. The number of halogens is 2. The SMILES string of the molecule is CCCCOCCCNc1c(F)cc(C(N)=S)cc1F. The number of nitrogens with one attached hydrogen (secondary N) is 1. The summed E-state index contributed by atoms with van der Waals surface area (Å²) in [7, 11) is 0. The lowest BCUT2D eigenvalue weighted by atomic mass is 10.2. The maximum atomic E-state index is 13.7. The molecule has 0 amide bonds. The molecule has 6 heteroatoms. The number of benzene rings is 1. The summed E-state index contributed by atoms with van der Waals surface area (Å²) in [6.07, 6.45) is 2.79. The third-order valence-corrected chi connectivity index (χ3v) is 2.97. The molecule has 0 heterocycles. The van der Waals surface area contributed by atoms with Gasteiger partial charge in [-0.1, -0.05) is 25.6 Å². The zero-order valence-corrected chi connectivity index (χ0v) is 12.4. The Morgan fingerprint density at radius 2 is 1.85 bits per heavy atom. The zero-order valence-electron chi connectivity index (χ0n) is 11.5. The molecule has 0 radical (unpaired) electrons. The van der Waals surface area contributed by atoms with Crippen LogP contribution in [-0.2, 0) is 4.74 Å². The van der Waals surface area contributed by atoms with Crippen molar-refractivity contribution in [2.24, 2.45) is 5.73 Å². The lowest BCUT2D eigenvalue weighted by Crippen LogP contribution is -2.13. The molecule has 20 heavy (non-hydrogen) atoms. The minimum atomic E-state index is -0.695. The van der Waals surface area contributed by atoms with E-state index in [1.54, 1.807) is 0 Å². The summed E-state index contributed by atoms with van der Waals surface area (Å²) in [4.78, 5) is -0.0290. The van der Waals surface area contributed by atoms with Gasteiger partial charge < -0.3 is 15.8 Å². The van der Waals surface area contributed by atoms with Crippen LogP contribution in [0.3, 0.4) is 0 Å². The average molecular weight is 302 g/mol. The molecular formula is C14H20F2N2OS. The van der Waals surface area contributed by atoms with Crippen LogP contribution >= 0.6 is 12.2 Å². The van der Waals surface area contributed by atoms with Crippen molar-refractivity contribution >= 4 is 22.9 Å². The normalized spacial score (nSPS) is 10.6. The van der Waals surface area contributed by atoms with Gasteiger partial charge in [-0.25, -0.2) is 8.78 Å². The fraction of sp³-hybridized carbons (Fsp3) is 0.500. The van der Waals surface area contributed by atoms with Crippen molar-refractivity contribution in [3.05, 3.63) is 29.3 Å². The summed E-state index contributed by atoms with van der Waals surface area (Å²) in [5.41, 5.74) is 5.37. The van der Waals surface area contributed by atoms with Gasteiger partial charge in [0.2, 0.25) is 0 Å². The second-order valence-electron chi connectivity index (χ2n) is 4.43. The Hall–Kier alpha value is -1.27. The van der Waals surface area contributed by atoms with Crippen molar-refractivity contribution in [3.8, 4) is 0 Å². The highest BCUT2D eigenvalue weighted by molar-refractivity contribution is 7.80. The lowest BCUT2D eigenvalue weighted by Gasteiger charge is -2.10. The van der Waals surface area contributed by atoms with Crippen LogP contribution in [0.25, 0.3) is 0 Å². The molecule has 3 nitrogen and oxygen atoms in total. The van der Waals surface area contributed by atoms with Crippen molar-refractivity contribution in [1.82, 2.24) is 0 Å². The summed E-state index contributed by atoms with van der Waals surface area (Å²) in [6, 6.07) is 2.26. The molecule has 1 aromatic carbocycles. The van der Waals surface area contributed by atoms with Crippen LogP contribution < -0.4 is 11.1 Å². The van der Waals surface area contributed by atoms with Gasteiger partial charge in [0, 0.05) is 25.3 Å². The van der Waals surface area contributed by atoms with E-state index >= 15 is 0 Å². The standard InChI is InChI=1S/C14H20F2N2OS/c1-2-3-6-19-7-4-5-18-13-11(15)8-10(14(17)20)9-12(13)16/h8-9,18H,2-7H2,1H3,(H2,17,20). The summed E-state index contributed by atoms with van der Waals surface area (Å²) in [5, 5.41) is 2.72. The topological polar surface area (TPSA) is 47.3 Å². The van der Waals surface area contributed by atoms with E-state index in [4.69, 9.17) is 10.5 Å². The molecule has 3 N–H and O–H groups in total. The quantitative estimate of drug-likeness (QED) is 0.543. The molecule has 0 atom stereocenters. The van der Waals surface area contributed by atoms with E-state index in [0.29, 0.717) is 19.6 Å². The highest BCUT2D eigenvalue weighted by Gasteiger charge is 2.11. The first-order valence-corrected chi connectivity index (χ1v) is 7.07. The molecule has 0 aliphatic rings. The second-order valence-corrected chi connectivity index (χ2v) is 4.87. The maximum Gasteiger partial charge on any atom is 0.150 e. The summed E-state index contributed by atoms with van der Waals surface area (Å²) >= 11 is 4.69. The molecule has 1 aromatic rings. The highest BCUT2D eigenvalue weighted by atomic mass is 32.1. The summed E-state index contributed by atoms with van der Waals surface area (Å²) in [5.74, 6) is -1.39. The van der Waals surface area contributed by atoms with Gasteiger partial charge in [0.15, 0.2) is 0 Å². The van der Waals surface area contributed by atoms with Crippen molar-refractivity contribution in [3.63, 3.8) is 0 Å². The first-order valence-electron chi connectivity index (χ1n) is 6.66. The molecule has 0 unspecified atom stereocenters. The Balaban J connectivity index is 2.42. The van der Waals surface area contributed by atoms with E-state index in [1.165, 1.54) is 0 Å². The van der Waals surface area contributed by atoms with Gasteiger partial charge in [-0.15, -0.1) is 0 Å². The van der Waals surface area contributed by atoms with E-state index in [1.807, 2.05) is 0 Å². The van der Waals surface area contributed by atoms with Crippen LogP contribution in [0.1, 0.15) is 31.7 Å². The predicted molar refractivity (Wildman–Crippen MR) is 81.1 cm³/mol. The largest absolute Gasteiger partial charge is 0.389 e. The Labute approximate surface area is 123 Å². The molecule has 0 aliphatic carbocycles. The van der Waals surface area contributed by atoms with Gasteiger partial charge in [0.05, 0.1) is 0 Å². The fourth-order valence-electron chi connectivity index (χ4n) is 1.62. The minimum Gasteiger partial charge on any atom is -0.389 e. The molecule has 0 saturated carbocycles. The first kappa shape index (κ1) is 16.8. The molecule has 0 spiro atoms. The van der Waals surface area contributed by atoms with Gasteiger partial charge in [-0.05, 0) is 25.0 Å². The molecule has 1 rings (SSSR count). The Kier molecular flexibility index (Phi) is 7.40. The predicted octanol–water partition coefficient (Wildman–Crippen LogP) is 3.22. The average Bonchev–Trinajstić information content (AvgIpc) is 2.40. The number of nitrogens with two attached hydrogens (primary N) is 1. The number of anilines is 1. The van der Waals surface area contributed by atoms with Crippen LogP contribution in [0.15, 0.2) is 12.1 Å². The van der Waals surface area contributed by atoms with Crippen molar-refractivity contribution < 1.29 is 13.5 Å². The first-order chi connectivity index (χ1) is 9.56. The third-order valence-electron chi connectivity index (χ3n) is 2.74. The Bertz CT molecular complexity index is 432. The lowest BCUT2D eigenvalue weighted by molar-refractivity contribution is 0.131. The van der Waals surface area contributed by atoms with Crippen LogP contribution in [-0.4, -0.2) is 24.7 Å². The monoisotopic (exact) mass is 302 g/mol. The minimum absolute atomic E-state index is 0.0290. The van der Waals surface area contributed by atoms with Gasteiger partial charge >= 0.3 is 0 Å². The molecule has 0 fully saturated rings. The molecule has 0 bridgehead atoms. The Morgan fingerprint density at radius 1 is 1.25 bits per heavy atom. The van der Waals surface area contributed by atoms with Crippen LogP contribution in [0.4, 0.5) is 14.5 Å². The maximum absolute atomic E-state index is 13.7. The molecule has 0 aliphatic heterocycles. The van der Waals surface area contributed by atoms with Crippen LogP contribution in [0.2, 0.25) is 0 Å². The van der Waals surface area contributed by atoms with E-state index in [-0.39, 0.29) is 16.2 Å². The van der Waals surface area contributed by atoms with Gasteiger partial charge in [0.1, 0.15) is 22.3 Å². The molecule has 0 aromatic heterocycles. The molecule has 0 saturated heterocycles. The van der Waals surface area contributed by atoms with E-state index in [2.05, 4.69) is 24.5 Å². The van der Waals surface area contributed by atoms with Crippen molar-refractivity contribution in [2.75, 3.05) is 25.1 Å². The van der Waals surface area contributed by atoms with Crippen molar-refractivity contribution in [1.29, 1.82) is 0 Å². The number of thiocarbonyl (C=S) groups is 1. The van der Waals surface area contributed by atoms with Gasteiger partial charge in [-0.2, -0.15) is 0 Å². The third kappa shape index (κ3) is 5.38. The van der Waals surface area contributed by atoms with Crippen LogP contribution in [0.5, 0.6) is 0 Å². The Morgan fingerprint density at radius 3 is 2.40 bits per heavy atom. The van der Waals surface area contributed by atoms with E-state index in [0.717, 1.165) is 31.6 Å². The number of ether oxygens (including phenoxy) is 1. The van der Waals surface area contributed by atoms with Crippen LogP contribution in [0, 0.1) is 11.6 Å². The fourth-order valence-corrected chi connectivity index (χ4v) is 1.74. The number of hydrogen-bond acceptors (Lipinski definition) is 3. The highest BCUT2D eigenvalue weighted by Crippen LogP contribution is 2.20. The van der Waals surface area contributed by atoms with Gasteiger partial charge in [-0.3, -0.25) is 0 Å². The molecule has 112 valence electrons. The van der Waals surface area contributed by atoms with Crippen molar-refractivity contribution in [2.45, 2.75) is 26.2 Å². The van der Waals surface area contributed by atoms with E-state index in [9.17, 15) is 8.78 Å². The second kappa shape index (κ2) is 8.81.